The third kappa shape index (κ3) is 5.65. The lowest BCUT2D eigenvalue weighted by Gasteiger charge is -2.31. The van der Waals surface area contributed by atoms with Gasteiger partial charge < -0.3 is 19.8 Å². The molecule has 1 saturated heterocycles. The normalized spacial score (nSPS) is 16.7. The van der Waals surface area contributed by atoms with Crippen molar-refractivity contribution >= 4 is 34.0 Å². The summed E-state index contributed by atoms with van der Waals surface area (Å²) >= 11 is -2.31. The fourth-order valence-corrected chi connectivity index (χ4v) is 5.04. The second kappa shape index (κ2) is 11.0. The number of carbonyl (C=O) groups excluding carboxylic acids is 1. The number of rotatable bonds is 8. The second-order valence-electron chi connectivity index (χ2n) is 9.63. The van der Waals surface area contributed by atoms with Crippen LogP contribution in [-0.4, -0.2) is 52.4 Å². The van der Waals surface area contributed by atoms with Gasteiger partial charge >= 0.3 is 5.69 Å². The molecule has 1 fully saturated rings. The van der Waals surface area contributed by atoms with Gasteiger partial charge in [-0.2, -0.15) is 4.98 Å². The minimum Gasteiger partial charge on any atom is -0.772 e. The average molecular weight is 528 g/mol. The van der Waals surface area contributed by atoms with Gasteiger partial charge in [-0.1, -0.05) is 40.9 Å². The molecular formula is C25H31N6O5S-. The molecular weight excluding hydrogens is 496 g/mol. The summed E-state index contributed by atoms with van der Waals surface area (Å²) in [5, 5.41) is 0. The van der Waals surface area contributed by atoms with Gasteiger partial charge in [-0.15, -0.1) is 0 Å². The Morgan fingerprint density at radius 3 is 2.70 bits per heavy atom. The highest BCUT2D eigenvalue weighted by atomic mass is 32.2. The van der Waals surface area contributed by atoms with E-state index in [1.807, 2.05) is 24.8 Å². The van der Waals surface area contributed by atoms with Crippen LogP contribution in [0, 0.1) is 0 Å². The van der Waals surface area contributed by atoms with Crippen LogP contribution in [0.15, 0.2) is 45.5 Å². The Morgan fingerprint density at radius 2 is 2.03 bits per heavy atom. The molecule has 198 valence electrons. The number of carbonyl (C=O) groups is 1. The third-order valence-electron chi connectivity index (χ3n) is 6.47. The Hall–Kier alpha value is -3.35. The summed E-state index contributed by atoms with van der Waals surface area (Å²) in [6.45, 7) is 5.12. The Kier molecular flexibility index (Phi) is 7.90. The molecule has 0 aliphatic carbocycles. The van der Waals surface area contributed by atoms with E-state index in [0.29, 0.717) is 24.6 Å². The molecule has 1 aliphatic rings. The van der Waals surface area contributed by atoms with Crippen molar-refractivity contribution in [1.82, 2.24) is 18.7 Å². The highest BCUT2D eigenvalue weighted by Crippen LogP contribution is 2.23. The lowest BCUT2D eigenvalue weighted by molar-refractivity contribution is 0.0968. The molecule has 12 heteroatoms. The van der Waals surface area contributed by atoms with Crippen LogP contribution in [0.25, 0.3) is 11.2 Å². The zero-order valence-corrected chi connectivity index (χ0v) is 22.0. The van der Waals surface area contributed by atoms with E-state index in [0.717, 1.165) is 29.5 Å². The maximum absolute atomic E-state index is 13.7. The molecule has 3 heterocycles. The molecule has 37 heavy (non-hydrogen) atoms. The number of Topliss-reactive ketones (excluding diaryl/α,β-unsaturated/α-hetero) is 1. The number of fused-ring (bicyclic) bond motifs is 1. The molecule has 0 radical (unpaired) electrons. The number of aromatic nitrogens is 4. The molecule has 1 aromatic carbocycles. The van der Waals surface area contributed by atoms with Crippen molar-refractivity contribution in [2.75, 3.05) is 18.0 Å². The van der Waals surface area contributed by atoms with Crippen LogP contribution in [-0.2, 0) is 37.0 Å². The van der Waals surface area contributed by atoms with Gasteiger partial charge in [0.25, 0.3) is 5.56 Å². The highest BCUT2D eigenvalue weighted by molar-refractivity contribution is 7.78. The molecule has 11 nitrogen and oxygen atoms in total. The van der Waals surface area contributed by atoms with Crippen LogP contribution in [0.1, 0.15) is 42.6 Å². The van der Waals surface area contributed by atoms with Gasteiger partial charge in [0.05, 0.1) is 6.54 Å². The first-order valence-electron chi connectivity index (χ1n) is 12.1. The van der Waals surface area contributed by atoms with E-state index in [1.54, 1.807) is 16.7 Å². The van der Waals surface area contributed by atoms with Crippen molar-refractivity contribution in [3.8, 4) is 0 Å². The fraction of sp³-hybridized carbons (Fsp3) is 0.440. The quantitative estimate of drug-likeness (QED) is 0.260. The monoisotopic (exact) mass is 527 g/mol. The number of aryl methyl sites for hydroxylation is 1. The first-order valence-corrected chi connectivity index (χ1v) is 13.3. The molecule has 0 bridgehead atoms. The number of allylic oxidation sites excluding steroid dienone is 2. The van der Waals surface area contributed by atoms with Gasteiger partial charge in [-0.05, 0) is 38.3 Å². The van der Waals surface area contributed by atoms with Crippen molar-refractivity contribution in [2.24, 2.45) is 12.8 Å². The molecule has 4 rings (SSSR count). The molecule has 2 atom stereocenters. The highest BCUT2D eigenvalue weighted by Gasteiger charge is 2.26. The number of nitrogens with two attached hydrogens (primary N) is 1. The van der Waals surface area contributed by atoms with Crippen LogP contribution in [0.4, 0.5) is 5.95 Å². The van der Waals surface area contributed by atoms with Crippen molar-refractivity contribution in [2.45, 2.75) is 51.6 Å². The molecule has 3 aromatic rings. The molecule has 1 aliphatic heterocycles. The van der Waals surface area contributed by atoms with Crippen LogP contribution < -0.4 is 21.9 Å². The smallest absolute Gasteiger partial charge is 0.332 e. The Bertz CT molecular complexity index is 1510. The fourth-order valence-electron chi connectivity index (χ4n) is 4.58. The predicted octanol–water partition coefficient (Wildman–Crippen LogP) is 1.05. The average Bonchev–Trinajstić information content (AvgIpc) is 3.23. The molecule has 2 aromatic heterocycles. The number of benzene rings is 1. The summed E-state index contributed by atoms with van der Waals surface area (Å²) in [7, 11) is 1.53. The van der Waals surface area contributed by atoms with E-state index in [9.17, 15) is 23.1 Å². The van der Waals surface area contributed by atoms with E-state index in [4.69, 9.17) is 10.7 Å². The zero-order valence-electron chi connectivity index (χ0n) is 21.2. The molecule has 2 unspecified atom stereocenters. The number of hydrogen-bond donors (Lipinski definition) is 1. The van der Waals surface area contributed by atoms with Gasteiger partial charge in [0, 0.05) is 44.0 Å². The number of anilines is 1. The molecule has 2 N–H and O–H groups in total. The van der Waals surface area contributed by atoms with Gasteiger partial charge in [0.1, 0.15) is 0 Å². The number of hydrogen-bond acceptors (Lipinski definition) is 8. The van der Waals surface area contributed by atoms with Gasteiger partial charge in [-0.25, -0.2) is 4.79 Å². The van der Waals surface area contributed by atoms with Crippen molar-refractivity contribution in [1.29, 1.82) is 0 Å². The molecule has 0 saturated carbocycles. The molecule has 0 spiro atoms. The Balaban J connectivity index is 1.82. The zero-order chi connectivity index (χ0) is 26.9. The summed E-state index contributed by atoms with van der Waals surface area (Å²) in [6, 6.07) is 6.15. The van der Waals surface area contributed by atoms with Gasteiger partial charge in [0.15, 0.2) is 16.9 Å². The van der Waals surface area contributed by atoms with Gasteiger partial charge in [-0.3, -0.25) is 22.9 Å². The second-order valence-corrected chi connectivity index (χ2v) is 10.5. The van der Waals surface area contributed by atoms with Crippen LogP contribution in [0.5, 0.6) is 0 Å². The summed E-state index contributed by atoms with van der Waals surface area (Å²) in [5.74, 6) is -0.145. The summed E-state index contributed by atoms with van der Waals surface area (Å²) in [6.07, 6.45) is 3.77. The number of imidazole rings is 1. The first-order chi connectivity index (χ1) is 17.6. The van der Waals surface area contributed by atoms with E-state index < -0.39 is 34.7 Å². The maximum atomic E-state index is 13.7. The molecule has 0 amide bonds. The predicted molar refractivity (Wildman–Crippen MR) is 141 cm³/mol. The SMILES string of the molecule is CC(C)=CCn1c(N2CCCC(N)C2)nc2c1c(=O)n(CC(=O)c1cccc(CS(=O)[O-])c1)c(=O)n2C. The van der Waals surface area contributed by atoms with Crippen molar-refractivity contribution in [3.05, 3.63) is 67.9 Å². The Morgan fingerprint density at radius 1 is 1.27 bits per heavy atom. The van der Waals surface area contributed by atoms with E-state index in [1.165, 1.54) is 23.7 Å². The topological polar surface area (TPSA) is 148 Å². The summed E-state index contributed by atoms with van der Waals surface area (Å²) in [4.78, 5) is 46.7. The van der Waals surface area contributed by atoms with Crippen LogP contribution >= 0.6 is 0 Å². The Labute approximate surface area is 216 Å². The van der Waals surface area contributed by atoms with E-state index in [-0.39, 0.29) is 28.5 Å². The minimum absolute atomic E-state index is 0.0154. The summed E-state index contributed by atoms with van der Waals surface area (Å²) < 4.78 is 26.1. The van der Waals surface area contributed by atoms with Crippen molar-refractivity contribution in [3.63, 3.8) is 0 Å². The van der Waals surface area contributed by atoms with Gasteiger partial charge in [0.2, 0.25) is 5.95 Å². The third-order valence-corrected chi connectivity index (χ3v) is 7.04. The number of ketones is 1. The minimum atomic E-state index is -2.31. The lowest BCUT2D eigenvalue weighted by atomic mass is 10.1. The number of nitrogens with zero attached hydrogens (tertiary/aromatic N) is 5. The van der Waals surface area contributed by atoms with E-state index in [2.05, 4.69) is 0 Å². The largest absolute Gasteiger partial charge is 0.772 e. The standard InChI is InChI=1S/C25H32N6O5S/c1-16(2)9-11-30-21-22(27-24(30)29-10-5-8-19(26)13-29)28(3)25(34)31(23(21)33)14-20(32)18-7-4-6-17(12-18)15-37(35)36/h4,6-7,9,12,19H,5,8,10-11,13-15,26H2,1-3H3,(H,35,36)/p-1. The lowest BCUT2D eigenvalue weighted by Crippen LogP contribution is -2.44. The van der Waals surface area contributed by atoms with Crippen LogP contribution in [0.3, 0.4) is 0 Å². The summed E-state index contributed by atoms with van der Waals surface area (Å²) in [5.41, 5.74) is 7.14. The van der Waals surface area contributed by atoms with E-state index >= 15 is 0 Å². The van der Waals surface area contributed by atoms with Crippen molar-refractivity contribution < 1.29 is 13.6 Å². The number of piperidine rings is 1. The van der Waals surface area contributed by atoms with Crippen LogP contribution in [0.2, 0.25) is 0 Å². The maximum Gasteiger partial charge on any atom is 0.332 e. The first kappa shape index (κ1) is 26.7.